The fourth-order valence-corrected chi connectivity index (χ4v) is 1.15. The summed E-state index contributed by atoms with van der Waals surface area (Å²) in [5.74, 6) is 1.27. The highest BCUT2D eigenvalue weighted by molar-refractivity contribution is 5.80. The molecule has 0 aliphatic rings. The fourth-order valence-electron chi connectivity index (χ4n) is 1.15. The molecule has 1 aromatic rings. The normalized spacial score (nSPS) is 11.9. The lowest BCUT2D eigenvalue weighted by atomic mass is 10.2. The standard InChI is InChI=1S/C12H16O3/c1-4-9(2)15-12-6-5-11(14-3)7-10(12)8-13/h5-9H,4H2,1-3H3. The molecular weight excluding hydrogens is 192 g/mol. The van der Waals surface area contributed by atoms with Crippen LogP contribution in [0.15, 0.2) is 18.2 Å². The van der Waals surface area contributed by atoms with E-state index < -0.39 is 0 Å². The summed E-state index contributed by atoms with van der Waals surface area (Å²) in [5, 5.41) is 0. The summed E-state index contributed by atoms with van der Waals surface area (Å²) in [4.78, 5) is 10.8. The topological polar surface area (TPSA) is 35.5 Å². The SMILES string of the molecule is CCC(C)Oc1ccc(OC)cc1C=O. The number of carbonyl (C=O) groups is 1. The third-order valence-corrected chi connectivity index (χ3v) is 2.25. The van der Waals surface area contributed by atoms with E-state index in [0.29, 0.717) is 17.1 Å². The molecule has 0 N–H and O–H groups in total. The maximum atomic E-state index is 10.8. The second-order valence-electron chi connectivity index (χ2n) is 3.36. The Morgan fingerprint density at radius 2 is 2.20 bits per heavy atom. The van der Waals surface area contributed by atoms with E-state index in [-0.39, 0.29) is 6.10 Å². The zero-order chi connectivity index (χ0) is 11.3. The van der Waals surface area contributed by atoms with Crippen molar-refractivity contribution in [2.45, 2.75) is 26.4 Å². The van der Waals surface area contributed by atoms with Gasteiger partial charge < -0.3 is 9.47 Å². The molecule has 0 bridgehead atoms. The van der Waals surface area contributed by atoms with E-state index in [9.17, 15) is 4.79 Å². The Hall–Kier alpha value is -1.51. The largest absolute Gasteiger partial charge is 0.497 e. The second-order valence-corrected chi connectivity index (χ2v) is 3.36. The molecule has 0 fully saturated rings. The van der Waals surface area contributed by atoms with Gasteiger partial charge in [-0.3, -0.25) is 4.79 Å². The molecule has 1 aromatic carbocycles. The molecule has 0 aliphatic heterocycles. The highest BCUT2D eigenvalue weighted by Gasteiger charge is 2.07. The van der Waals surface area contributed by atoms with Gasteiger partial charge in [0.15, 0.2) is 6.29 Å². The molecule has 0 amide bonds. The molecule has 0 saturated heterocycles. The van der Waals surface area contributed by atoms with Crippen molar-refractivity contribution in [1.82, 2.24) is 0 Å². The van der Waals surface area contributed by atoms with Crippen molar-refractivity contribution in [3.63, 3.8) is 0 Å². The molecule has 1 rings (SSSR count). The summed E-state index contributed by atoms with van der Waals surface area (Å²) < 4.78 is 10.6. The van der Waals surface area contributed by atoms with Gasteiger partial charge in [-0.1, -0.05) is 6.92 Å². The van der Waals surface area contributed by atoms with Crippen LogP contribution in [-0.4, -0.2) is 19.5 Å². The number of hydrogen-bond donors (Lipinski definition) is 0. The molecular formula is C12H16O3. The quantitative estimate of drug-likeness (QED) is 0.698. The predicted octanol–water partition coefficient (Wildman–Crippen LogP) is 2.69. The van der Waals surface area contributed by atoms with Crippen LogP contribution in [0.3, 0.4) is 0 Å². The Morgan fingerprint density at radius 1 is 1.47 bits per heavy atom. The summed E-state index contributed by atoms with van der Waals surface area (Å²) in [6.07, 6.45) is 1.79. The Bertz CT molecular complexity index is 334. The third kappa shape index (κ3) is 2.98. The molecule has 15 heavy (non-hydrogen) atoms. The Morgan fingerprint density at radius 3 is 2.73 bits per heavy atom. The smallest absolute Gasteiger partial charge is 0.153 e. The van der Waals surface area contributed by atoms with Gasteiger partial charge in [0.05, 0.1) is 18.8 Å². The lowest BCUT2D eigenvalue weighted by molar-refractivity contribution is 0.111. The molecule has 0 radical (unpaired) electrons. The molecule has 1 unspecified atom stereocenters. The molecule has 82 valence electrons. The first-order chi connectivity index (χ1) is 7.21. The monoisotopic (exact) mass is 208 g/mol. The van der Waals surface area contributed by atoms with Gasteiger partial charge in [-0.05, 0) is 31.5 Å². The van der Waals surface area contributed by atoms with E-state index in [2.05, 4.69) is 0 Å². The molecule has 3 heteroatoms. The maximum absolute atomic E-state index is 10.8. The van der Waals surface area contributed by atoms with Crippen LogP contribution < -0.4 is 9.47 Å². The lowest BCUT2D eigenvalue weighted by Gasteiger charge is -2.14. The van der Waals surface area contributed by atoms with Gasteiger partial charge in [-0.25, -0.2) is 0 Å². The molecule has 0 aliphatic carbocycles. The van der Waals surface area contributed by atoms with Gasteiger partial charge in [-0.2, -0.15) is 0 Å². The first kappa shape index (κ1) is 11.6. The maximum Gasteiger partial charge on any atom is 0.153 e. The molecule has 0 spiro atoms. The van der Waals surface area contributed by atoms with Crippen molar-refractivity contribution in [3.05, 3.63) is 23.8 Å². The fraction of sp³-hybridized carbons (Fsp3) is 0.417. The van der Waals surface area contributed by atoms with E-state index in [1.54, 1.807) is 25.3 Å². The van der Waals surface area contributed by atoms with Crippen LogP contribution >= 0.6 is 0 Å². The second kappa shape index (κ2) is 5.39. The Balaban J connectivity index is 2.92. The minimum absolute atomic E-state index is 0.108. The average Bonchev–Trinajstić information content (AvgIpc) is 2.29. The van der Waals surface area contributed by atoms with Gasteiger partial charge >= 0.3 is 0 Å². The van der Waals surface area contributed by atoms with Crippen LogP contribution in [0.1, 0.15) is 30.6 Å². The summed E-state index contributed by atoms with van der Waals surface area (Å²) in [7, 11) is 1.57. The van der Waals surface area contributed by atoms with E-state index in [1.807, 2.05) is 13.8 Å². The highest BCUT2D eigenvalue weighted by Crippen LogP contribution is 2.23. The highest BCUT2D eigenvalue weighted by atomic mass is 16.5. The van der Waals surface area contributed by atoms with Crippen LogP contribution in [0.5, 0.6) is 11.5 Å². The van der Waals surface area contributed by atoms with Crippen LogP contribution in [0, 0.1) is 0 Å². The molecule has 0 heterocycles. The minimum Gasteiger partial charge on any atom is -0.497 e. The van der Waals surface area contributed by atoms with Crippen molar-refractivity contribution in [1.29, 1.82) is 0 Å². The Kier molecular flexibility index (Phi) is 4.16. The number of rotatable bonds is 5. The van der Waals surface area contributed by atoms with E-state index in [0.717, 1.165) is 12.7 Å². The zero-order valence-corrected chi connectivity index (χ0v) is 9.32. The number of ether oxygens (including phenoxy) is 2. The molecule has 1 atom stereocenters. The van der Waals surface area contributed by atoms with E-state index in [4.69, 9.17) is 9.47 Å². The summed E-state index contributed by atoms with van der Waals surface area (Å²) >= 11 is 0. The molecule has 3 nitrogen and oxygen atoms in total. The van der Waals surface area contributed by atoms with Crippen molar-refractivity contribution < 1.29 is 14.3 Å². The van der Waals surface area contributed by atoms with Gasteiger partial charge in [0.2, 0.25) is 0 Å². The Labute approximate surface area is 90.0 Å². The average molecular weight is 208 g/mol. The summed E-state index contributed by atoms with van der Waals surface area (Å²) in [5.41, 5.74) is 0.523. The zero-order valence-electron chi connectivity index (χ0n) is 9.32. The van der Waals surface area contributed by atoms with Gasteiger partial charge in [0.1, 0.15) is 11.5 Å². The first-order valence-corrected chi connectivity index (χ1v) is 5.01. The van der Waals surface area contributed by atoms with Crippen LogP contribution in [-0.2, 0) is 0 Å². The number of carbonyl (C=O) groups excluding carboxylic acids is 1. The minimum atomic E-state index is 0.108. The van der Waals surface area contributed by atoms with E-state index >= 15 is 0 Å². The third-order valence-electron chi connectivity index (χ3n) is 2.25. The van der Waals surface area contributed by atoms with Crippen molar-refractivity contribution in [2.24, 2.45) is 0 Å². The number of methoxy groups -OCH3 is 1. The summed E-state index contributed by atoms with van der Waals surface area (Å²) in [6, 6.07) is 5.21. The van der Waals surface area contributed by atoms with Crippen LogP contribution in [0.2, 0.25) is 0 Å². The number of aldehydes is 1. The van der Waals surface area contributed by atoms with Gasteiger partial charge in [-0.15, -0.1) is 0 Å². The number of hydrogen-bond acceptors (Lipinski definition) is 3. The van der Waals surface area contributed by atoms with Gasteiger partial charge in [0.25, 0.3) is 0 Å². The lowest BCUT2D eigenvalue weighted by Crippen LogP contribution is -2.11. The molecule has 0 saturated carbocycles. The number of benzene rings is 1. The summed E-state index contributed by atoms with van der Waals surface area (Å²) in [6.45, 7) is 4.01. The van der Waals surface area contributed by atoms with Gasteiger partial charge in [0, 0.05) is 0 Å². The predicted molar refractivity (Wildman–Crippen MR) is 58.8 cm³/mol. The molecule has 0 aromatic heterocycles. The van der Waals surface area contributed by atoms with Crippen LogP contribution in [0.4, 0.5) is 0 Å². The first-order valence-electron chi connectivity index (χ1n) is 5.01. The van der Waals surface area contributed by atoms with Crippen molar-refractivity contribution in [3.8, 4) is 11.5 Å². The van der Waals surface area contributed by atoms with Crippen LogP contribution in [0.25, 0.3) is 0 Å². The van der Waals surface area contributed by atoms with Crippen molar-refractivity contribution >= 4 is 6.29 Å². The van der Waals surface area contributed by atoms with E-state index in [1.165, 1.54) is 0 Å². The van der Waals surface area contributed by atoms with Crippen molar-refractivity contribution in [2.75, 3.05) is 7.11 Å².